The SMILES string of the molecule is COCCOCCOCCOC(CN)c1sccc1C. The normalized spacial score (nSPS) is 12.8. The summed E-state index contributed by atoms with van der Waals surface area (Å²) < 4.78 is 21.4. The molecule has 1 rings (SSSR count). The zero-order chi connectivity index (χ0) is 14.6. The van der Waals surface area contributed by atoms with Gasteiger partial charge in [-0.15, -0.1) is 11.3 Å². The summed E-state index contributed by atoms with van der Waals surface area (Å²) >= 11 is 1.68. The van der Waals surface area contributed by atoms with Gasteiger partial charge in [0.15, 0.2) is 0 Å². The van der Waals surface area contributed by atoms with Crippen LogP contribution >= 0.6 is 11.3 Å². The Balaban J connectivity index is 2.04. The number of aryl methyl sites for hydroxylation is 1. The molecule has 0 amide bonds. The van der Waals surface area contributed by atoms with Crippen molar-refractivity contribution in [3.63, 3.8) is 0 Å². The first kappa shape index (κ1) is 17.6. The molecule has 1 atom stereocenters. The van der Waals surface area contributed by atoms with Crippen molar-refractivity contribution in [2.75, 3.05) is 53.3 Å². The molecule has 1 aromatic heterocycles. The lowest BCUT2D eigenvalue weighted by Gasteiger charge is -2.15. The van der Waals surface area contributed by atoms with Crippen molar-refractivity contribution >= 4 is 11.3 Å². The number of ether oxygens (including phenoxy) is 4. The third kappa shape index (κ3) is 6.78. The van der Waals surface area contributed by atoms with E-state index in [2.05, 4.69) is 18.4 Å². The zero-order valence-electron chi connectivity index (χ0n) is 12.3. The van der Waals surface area contributed by atoms with Crippen molar-refractivity contribution in [2.24, 2.45) is 5.73 Å². The molecule has 0 bridgehead atoms. The van der Waals surface area contributed by atoms with Crippen LogP contribution in [0, 0.1) is 6.92 Å². The first-order valence-corrected chi connectivity index (χ1v) is 7.67. The van der Waals surface area contributed by atoms with Crippen LogP contribution in [0.4, 0.5) is 0 Å². The molecule has 1 heterocycles. The molecule has 0 radical (unpaired) electrons. The van der Waals surface area contributed by atoms with Crippen molar-refractivity contribution in [1.29, 1.82) is 0 Å². The Morgan fingerprint density at radius 3 is 2.30 bits per heavy atom. The lowest BCUT2D eigenvalue weighted by Crippen LogP contribution is -2.18. The predicted octanol–water partition coefficient (Wildman–Crippen LogP) is 1.75. The van der Waals surface area contributed by atoms with Gasteiger partial charge in [0, 0.05) is 18.5 Å². The molecule has 0 fully saturated rings. The van der Waals surface area contributed by atoms with Crippen molar-refractivity contribution in [3.8, 4) is 0 Å². The van der Waals surface area contributed by atoms with E-state index in [1.165, 1.54) is 10.4 Å². The fourth-order valence-corrected chi connectivity index (χ4v) is 2.67. The Morgan fingerprint density at radius 1 is 1.10 bits per heavy atom. The monoisotopic (exact) mass is 303 g/mol. The first-order chi connectivity index (χ1) is 9.79. The molecular formula is C14H25NO4S. The van der Waals surface area contributed by atoms with Gasteiger partial charge in [0.2, 0.25) is 0 Å². The van der Waals surface area contributed by atoms with E-state index in [9.17, 15) is 0 Å². The number of thiophene rings is 1. The molecule has 0 saturated carbocycles. The molecule has 6 heteroatoms. The van der Waals surface area contributed by atoms with Gasteiger partial charge in [-0.2, -0.15) is 0 Å². The lowest BCUT2D eigenvalue weighted by molar-refractivity contribution is -0.0140. The molecule has 116 valence electrons. The Kier molecular flexibility index (Phi) is 9.82. The van der Waals surface area contributed by atoms with E-state index >= 15 is 0 Å². The van der Waals surface area contributed by atoms with Crippen LogP contribution in [0.15, 0.2) is 11.4 Å². The highest BCUT2D eigenvalue weighted by Crippen LogP contribution is 2.25. The molecule has 0 aromatic carbocycles. The van der Waals surface area contributed by atoms with Crippen LogP contribution in [-0.2, 0) is 18.9 Å². The summed E-state index contributed by atoms with van der Waals surface area (Å²) in [5, 5.41) is 2.06. The molecular weight excluding hydrogens is 278 g/mol. The van der Waals surface area contributed by atoms with Gasteiger partial charge in [0.05, 0.1) is 39.6 Å². The number of rotatable bonds is 12. The lowest BCUT2D eigenvalue weighted by atomic mass is 10.2. The van der Waals surface area contributed by atoms with E-state index in [-0.39, 0.29) is 6.10 Å². The molecule has 1 unspecified atom stereocenters. The summed E-state index contributed by atoms with van der Waals surface area (Å²) in [4.78, 5) is 1.20. The summed E-state index contributed by atoms with van der Waals surface area (Å²) in [7, 11) is 1.65. The van der Waals surface area contributed by atoms with Gasteiger partial charge in [0.25, 0.3) is 0 Å². The van der Waals surface area contributed by atoms with Crippen LogP contribution in [0.3, 0.4) is 0 Å². The van der Waals surface area contributed by atoms with E-state index < -0.39 is 0 Å². The van der Waals surface area contributed by atoms with Crippen molar-refractivity contribution in [3.05, 3.63) is 21.9 Å². The van der Waals surface area contributed by atoms with Gasteiger partial charge >= 0.3 is 0 Å². The highest BCUT2D eigenvalue weighted by molar-refractivity contribution is 7.10. The third-order valence-electron chi connectivity index (χ3n) is 2.76. The molecule has 1 aromatic rings. The molecule has 5 nitrogen and oxygen atoms in total. The quantitative estimate of drug-likeness (QED) is 0.596. The topological polar surface area (TPSA) is 62.9 Å². The second-order valence-electron chi connectivity index (χ2n) is 4.28. The first-order valence-electron chi connectivity index (χ1n) is 6.79. The highest BCUT2D eigenvalue weighted by Gasteiger charge is 2.13. The van der Waals surface area contributed by atoms with E-state index in [0.717, 1.165) is 0 Å². The maximum atomic E-state index is 5.76. The van der Waals surface area contributed by atoms with Crippen molar-refractivity contribution in [1.82, 2.24) is 0 Å². The number of methoxy groups -OCH3 is 1. The Labute approximate surface area is 125 Å². The van der Waals surface area contributed by atoms with Crippen molar-refractivity contribution in [2.45, 2.75) is 13.0 Å². The fourth-order valence-electron chi connectivity index (χ4n) is 1.68. The van der Waals surface area contributed by atoms with Crippen LogP contribution < -0.4 is 5.73 Å². The van der Waals surface area contributed by atoms with Gasteiger partial charge in [0.1, 0.15) is 6.10 Å². The summed E-state index contributed by atoms with van der Waals surface area (Å²) in [6.45, 7) is 6.01. The van der Waals surface area contributed by atoms with Gasteiger partial charge in [-0.05, 0) is 23.9 Å². The third-order valence-corrected chi connectivity index (χ3v) is 3.87. The number of hydrogen-bond acceptors (Lipinski definition) is 6. The van der Waals surface area contributed by atoms with Gasteiger partial charge in [-0.1, -0.05) is 0 Å². The van der Waals surface area contributed by atoms with Gasteiger partial charge in [-0.25, -0.2) is 0 Å². The Bertz CT molecular complexity index is 346. The minimum absolute atomic E-state index is 0.0310. The summed E-state index contributed by atoms with van der Waals surface area (Å²) in [6, 6.07) is 2.08. The van der Waals surface area contributed by atoms with Crippen LogP contribution in [0.25, 0.3) is 0 Å². The highest BCUT2D eigenvalue weighted by atomic mass is 32.1. The molecule has 0 saturated heterocycles. The minimum Gasteiger partial charge on any atom is -0.382 e. The molecule has 0 aliphatic carbocycles. The molecule has 20 heavy (non-hydrogen) atoms. The van der Waals surface area contributed by atoms with E-state index in [1.807, 2.05) is 0 Å². The zero-order valence-corrected chi connectivity index (χ0v) is 13.1. The summed E-state index contributed by atoms with van der Waals surface area (Å²) in [5.74, 6) is 0. The number of hydrogen-bond donors (Lipinski definition) is 1. The average Bonchev–Trinajstić information content (AvgIpc) is 2.87. The summed E-state index contributed by atoms with van der Waals surface area (Å²) in [5.41, 5.74) is 6.98. The fraction of sp³-hybridized carbons (Fsp3) is 0.714. The van der Waals surface area contributed by atoms with Crippen LogP contribution in [-0.4, -0.2) is 53.3 Å². The maximum absolute atomic E-state index is 5.76. The predicted molar refractivity (Wildman–Crippen MR) is 80.3 cm³/mol. The second kappa shape index (κ2) is 11.2. The minimum atomic E-state index is -0.0310. The largest absolute Gasteiger partial charge is 0.382 e. The van der Waals surface area contributed by atoms with Crippen LogP contribution in [0.5, 0.6) is 0 Å². The van der Waals surface area contributed by atoms with Crippen molar-refractivity contribution < 1.29 is 18.9 Å². The average molecular weight is 303 g/mol. The Morgan fingerprint density at radius 2 is 1.75 bits per heavy atom. The Hall–Kier alpha value is -0.500. The molecule has 0 spiro atoms. The second-order valence-corrected chi connectivity index (χ2v) is 5.23. The van der Waals surface area contributed by atoms with Crippen LogP contribution in [0.2, 0.25) is 0 Å². The summed E-state index contributed by atoms with van der Waals surface area (Å²) in [6.07, 6.45) is -0.0310. The standard InChI is InChI=1S/C14H25NO4S/c1-12-3-10-20-14(12)13(11-15)19-9-8-18-7-6-17-5-4-16-2/h3,10,13H,4-9,11,15H2,1-2H3. The molecule has 0 aliphatic rings. The molecule has 2 N–H and O–H groups in total. The van der Waals surface area contributed by atoms with Gasteiger partial charge < -0.3 is 24.7 Å². The number of nitrogens with two attached hydrogens (primary N) is 1. The molecule has 0 aliphatic heterocycles. The maximum Gasteiger partial charge on any atom is 0.104 e. The van der Waals surface area contributed by atoms with Crippen LogP contribution in [0.1, 0.15) is 16.5 Å². The van der Waals surface area contributed by atoms with E-state index in [4.69, 9.17) is 24.7 Å². The van der Waals surface area contributed by atoms with E-state index in [1.54, 1.807) is 18.4 Å². The smallest absolute Gasteiger partial charge is 0.104 e. The van der Waals surface area contributed by atoms with Gasteiger partial charge in [-0.3, -0.25) is 0 Å². The van der Waals surface area contributed by atoms with E-state index in [0.29, 0.717) is 46.2 Å².